The minimum atomic E-state index is -4.29. The summed E-state index contributed by atoms with van der Waals surface area (Å²) in [5.74, 6) is 1.25. The largest absolute Gasteiger partial charge is 0.493 e. The van der Waals surface area contributed by atoms with Gasteiger partial charge in [0.15, 0.2) is 29.2 Å². The average Bonchev–Trinajstić information content (AvgIpc) is 3.84. The van der Waals surface area contributed by atoms with E-state index >= 15 is 0 Å². The highest BCUT2D eigenvalue weighted by atomic mass is 31.2. The number of ether oxygens (including phenoxy) is 5. The summed E-state index contributed by atoms with van der Waals surface area (Å²) in [6.45, 7) is -0.771. The third kappa shape index (κ3) is 7.47. The number of nitrogens with one attached hydrogen (secondary N) is 1. The standard InChI is InChI=1S/C31H41N8O12P/c1-37(9-7-17-5-6-18(45-2)19(11-17)46-3)52(44,48-14-22-26(42)27(47-4)30(50-22)38-10-8-23(41)36-31(38)43)51-20-12-24(49-21(20)13-40)39-16-35-25-28(32)33-15-34-29(25)39/h5-6,8,10-11,15-16,20-22,24,26-27,30,40,42H,7,9,12-14H2,1-4H3,(H2,32,33,34)(H,36,41,43)/t20?,21-,22-,24-,26?,27-,30-,52?/m1/s1. The smallest absolute Gasteiger partial charge is 0.408 e. The molecule has 5 heterocycles. The summed E-state index contributed by atoms with van der Waals surface area (Å²) in [4.78, 5) is 38.9. The first-order chi connectivity index (χ1) is 25.0. The number of nitrogen functional groups attached to an aromatic ring is 1. The zero-order valence-corrected chi connectivity index (χ0v) is 29.7. The minimum absolute atomic E-state index is 0.114. The van der Waals surface area contributed by atoms with Crippen LogP contribution >= 0.6 is 7.75 Å². The van der Waals surface area contributed by atoms with E-state index in [1.165, 1.54) is 44.9 Å². The maximum absolute atomic E-state index is 14.9. The van der Waals surface area contributed by atoms with Crippen molar-refractivity contribution in [2.45, 2.75) is 55.8 Å². The highest BCUT2D eigenvalue weighted by Crippen LogP contribution is 2.55. The van der Waals surface area contributed by atoms with Crippen molar-refractivity contribution < 1.29 is 47.5 Å². The number of benzene rings is 1. The van der Waals surface area contributed by atoms with Gasteiger partial charge in [-0.25, -0.2) is 29.0 Å². The normalized spacial score (nSPS) is 25.9. The number of aromatic nitrogens is 6. The molecule has 2 aliphatic heterocycles. The number of nitrogens with zero attached hydrogens (tertiary/aromatic N) is 6. The summed E-state index contributed by atoms with van der Waals surface area (Å²) < 4.78 is 59.6. The van der Waals surface area contributed by atoms with E-state index < -0.39 is 75.2 Å². The second kappa shape index (κ2) is 15.8. The lowest BCUT2D eigenvalue weighted by molar-refractivity contribution is -0.0646. The lowest BCUT2D eigenvalue weighted by atomic mass is 10.1. The van der Waals surface area contributed by atoms with Crippen LogP contribution in [-0.2, 0) is 34.2 Å². The number of nitrogens with two attached hydrogens (primary N) is 1. The number of hydrogen-bond donors (Lipinski definition) is 4. The molecule has 1 aromatic carbocycles. The fourth-order valence-corrected chi connectivity index (χ4v) is 7.85. The Kier molecular flexibility index (Phi) is 11.4. The van der Waals surface area contributed by atoms with Crippen LogP contribution in [0.1, 0.15) is 24.4 Å². The van der Waals surface area contributed by atoms with Crippen LogP contribution in [0, 0.1) is 0 Å². The molecule has 0 spiro atoms. The molecule has 0 radical (unpaired) electrons. The van der Waals surface area contributed by atoms with Crippen molar-refractivity contribution >= 4 is 24.7 Å². The number of aliphatic hydroxyl groups excluding tert-OH is 2. The molecule has 282 valence electrons. The van der Waals surface area contributed by atoms with Crippen molar-refractivity contribution in [2.24, 2.45) is 0 Å². The Morgan fingerprint density at radius 2 is 1.87 bits per heavy atom. The number of H-pyrrole nitrogens is 1. The van der Waals surface area contributed by atoms with Crippen molar-refractivity contribution in [3.63, 3.8) is 0 Å². The van der Waals surface area contributed by atoms with Crippen LogP contribution in [0.2, 0.25) is 0 Å². The summed E-state index contributed by atoms with van der Waals surface area (Å²) in [5.41, 5.74) is 6.19. The van der Waals surface area contributed by atoms with E-state index in [-0.39, 0.29) is 18.8 Å². The zero-order chi connectivity index (χ0) is 37.2. The van der Waals surface area contributed by atoms with Gasteiger partial charge in [0.1, 0.15) is 48.6 Å². The topological polar surface area (TPSA) is 250 Å². The van der Waals surface area contributed by atoms with E-state index in [0.717, 1.165) is 16.2 Å². The first kappa shape index (κ1) is 37.5. The minimum Gasteiger partial charge on any atom is -0.493 e. The predicted octanol–water partition coefficient (Wildman–Crippen LogP) is 0.213. The summed E-state index contributed by atoms with van der Waals surface area (Å²) >= 11 is 0. The monoisotopic (exact) mass is 748 g/mol. The molecule has 20 nitrogen and oxygen atoms in total. The summed E-state index contributed by atoms with van der Waals surface area (Å²) in [6, 6.07) is 6.54. The molecule has 3 unspecified atom stereocenters. The van der Waals surface area contributed by atoms with Crippen LogP contribution in [0.3, 0.4) is 0 Å². The molecule has 0 bridgehead atoms. The fraction of sp³-hybridized carbons (Fsp3) is 0.516. The molecule has 2 aliphatic rings. The van der Waals surface area contributed by atoms with Gasteiger partial charge >= 0.3 is 13.4 Å². The van der Waals surface area contributed by atoms with E-state index in [2.05, 4.69) is 19.9 Å². The Morgan fingerprint density at radius 3 is 2.58 bits per heavy atom. The van der Waals surface area contributed by atoms with Gasteiger partial charge in [-0.05, 0) is 31.2 Å². The molecule has 5 N–H and O–H groups in total. The van der Waals surface area contributed by atoms with E-state index in [1.807, 2.05) is 6.07 Å². The van der Waals surface area contributed by atoms with Gasteiger partial charge in [-0.3, -0.25) is 28.0 Å². The molecule has 2 fully saturated rings. The van der Waals surface area contributed by atoms with Gasteiger partial charge in [-0.1, -0.05) is 6.07 Å². The van der Waals surface area contributed by atoms with E-state index in [1.54, 1.807) is 23.7 Å². The molecule has 0 saturated carbocycles. The quantitative estimate of drug-likeness (QED) is 0.119. The number of aromatic amines is 1. The number of anilines is 1. The SMILES string of the molecule is COc1ccc(CCN(C)P(=O)(OC[C@H]2O[C@@H](n3ccc(=O)[nH]c3=O)[C@H](OC)C2O)OC2C[C@H](n3cnc4c(N)ncnc43)O[C@@H]2CO)cc1OC. The second-order valence-electron chi connectivity index (χ2n) is 12.1. The maximum atomic E-state index is 14.9. The third-order valence-electron chi connectivity index (χ3n) is 9.03. The number of aliphatic hydroxyl groups is 2. The average molecular weight is 749 g/mol. The first-order valence-corrected chi connectivity index (χ1v) is 17.7. The van der Waals surface area contributed by atoms with Gasteiger partial charge in [0.05, 0.1) is 33.8 Å². The van der Waals surface area contributed by atoms with Crippen LogP contribution in [0.25, 0.3) is 11.2 Å². The number of hydrogen-bond acceptors (Lipinski definition) is 16. The highest BCUT2D eigenvalue weighted by molar-refractivity contribution is 7.51. The Balaban J connectivity index is 1.24. The summed E-state index contributed by atoms with van der Waals surface area (Å²) in [7, 11) is 1.66. The van der Waals surface area contributed by atoms with Gasteiger partial charge in [0.25, 0.3) is 5.56 Å². The lowest BCUT2D eigenvalue weighted by Crippen LogP contribution is -2.39. The van der Waals surface area contributed by atoms with Gasteiger partial charge in [-0.15, -0.1) is 0 Å². The molecular formula is C31H41N8O12P. The Bertz CT molecular complexity index is 2030. The molecule has 4 aromatic rings. The third-order valence-corrected chi connectivity index (χ3v) is 11.1. The number of methoxy groups -OCH3 is 3. The van der Waals surface area contributed by atoms with Crippen molar-refractivity contribution in [2.75, 3.05) is 53.9 Å². The van der Waals surface area contributed by atoms with Crippen molar-refractivity contribution in [3.05, 3.63) is 69.5 Å². The lowest BCUT2D eigenvalue weighted by Gasteiger charge is -2.31. The number of rotatable bonds is 15. The van der Waals surface area contributed by atoms with E-state index in [4.69, 9.17) is 38.5 Å². The molecule has 0 aliphatic carbocycles. The molecule has 8 atom stereocenters. The van der Waals surface area contributed by atoms with Crippen molar-refractivity contribution in [3.8, 4) is 11.5 Å². The fourth-order valence-electron chi connectivity index (χ4n) is 6.19. The van der Waals surface area contributed by atoms with Gasteiger partial charge in [-0.2, -0.15) is 0 Å². The maximum Gasteiger partial charge on any atom is 0.408 e. The molecule has 21 heteroatoms. The van der Waals surface area contributed by atoms with Gasteiger partial charge in [0, 0.05) is 32.3 Å². The Hall–Kier alpha value is -4.24. The highest BCUT2D eigenvalue weighted by Gasteiger charge is 2.48. The number of imidazole rings is 1. The van der Waals surface area contributed by atoms with Crippen LogP contribution in [0.4, 0.5) is 5.82 Å². The van der Waals surface area contributed by atoms with E-state index in [0.29, 0.717) is 29.1 Å². The molecule has 6 rings (SSSR count). The van der Waals surface area contributed by atoms with Crippen LogP contribution in [0.5, 0.6) is 11.5 Å². The Morgan fingerprint density at radius 1 is 1.08 bits per heavy atom. The van der Waals surface area contributed by atoms with Gasteiger partial charge < -0.3 is 39.6 Å². The van der Waals surface area contributed by atoms with Crippen molar-refractivity contribution in [1.29, 1.82) is 0 Å². The van der Waals surface area contributed by atoms with Crippen LogP contribution < -0.4 is 26.5 Å². The molecule has 3 aromatic heterocycles. The summed E-state index contributed by atoms with van der Waals surface area (Å²) in [6.07, 6.45) is -2.79. The van der Waals surface area contributed by atoms with E-state index in [9.17, 15) is 24.4 Å². The number of fused-ring (bicyclic) bond motifs is 1. The number of likely N-dealkylation sites (N-methyl/N-ethyl adjacent to an activating group) is 1. The van der Waals surface area contributed by atoms with Crippen molar-refractivity contribution in [1.82, 2.24) is 33.7 Å². The molecule has 2 saturated heterocycles. The van der Waals surface area contributed by atoms with Crippen LogP contribution in [0.15, 0.2) is 52.7 Å². The predicted molar refractivity (Wildman–Crippen MR) is 182 cm³/mol. The molecular weight excluding hydrogens is 707 g/mol. The first-order valence-electron chi connectivity index (χ1n) is 16.2. The second-order valence-corrected chi connectivity index (χ2v) is 14.2. The Labute approximate surface area is 296 Å². The van der Waals surface area contributed by atoms with Gasteiger partial charge in [0.2, 0.25) is 0 Å². The zero-order valence-electron chi connectivity index (χ0n) is 28.8. The molecule has 0 amide bonds. The molecule has 52 heavy (non-hydrogen) atoms. The van der Waals surface area contributed by atoms with Crippen LogP contribution in [-0.4, -0.2) is 123 Å². The summed E-state index contributed by atoms with van der Waals surface area (Å²) in [5, 5.41) is 21.5.